The maximum atomic E-state index is 14.1. The number of hydrogen-bond donors (Lipinski definition) is 9. The fourth-order valence-electron chi connectivity index (χ4n) is 8.09. The Morgan fingerprint density at radius 3 is 2.01 bits per heavy atom. The van der Waals surface area contributed by atoms with Crippen LogP contribution in [0.3, 0.4) is 0 Å². The molecule has 1 fully saturated rings. The first-order valence-electron chi connectivity index (χ1n) is 23.5. The van der Waals surface area contributed by atoms with Gasteiger partial charge in [0.25, 0.3) is 5.91 Å². The Hall–Kier alpha value is -7.68. The highest BCUT2D eigenvalue weighted by Gasteiger charge is 2.40. The van der Waals surface area contributed by atoms with Crippen molar-refractivity contribution in [2.45, 2.75) is 115 Å². The molecular formula is C51H66N8O13. The van der Waals surface area contributed by atoms with Crippen molar-refractivity contribution >= 4 is 64.9 Å². The number of para-hydroxylation sites is 1. The lowest BCUT2D eigenvalue weighted by molar-refractivity contribution is -0.146. The molecule has 1 unspecified atom stereocenters. The summed E-state index contributed by atoms with van der Waals surface area (Å²) in [6.07, 6.45) is 4.20. The van der Waals surface area contributed by atoms with Crippen molar-refractivity contribution < 1.29 is 62.9 Å². The Morgan fingerprint density at radius 2 is 1.38 bits per heavy atom. The lowest BCUT2D eigenvalue weighted by Gasteiger charge is -2.28. The highest BCUT2D eigenvalue weighted by Crippen LogP contribution is 2.35. The van der Waals surface area contributed by atoms with E-state index in [9.17, 15) is 58.2 Å². The molecular weight excluding hydrogens is 933 g/mol. The third-order valence-electron chi connectivity index (χ3n) is 12.8. The second-order valence-electron chi connectivity index (χ2n) is 18.2. The van der Waals surface area contributed by atoms with E-state index in [4.69, 9.17) is 4.74 Å². The minimum atomic E-state index is -1.95. The van der Waals surface area contributed by atoms with Gasteiger partial charge in [0.1, 0.15) is 35.9 Å². The Labute approximate surface area is 418 Å². The lowest BCUT2D eigenvalue weighted by Crippen LogP contribution is -2.59. The van der Waals surface area contributed by atoms with Crippen LogP contribution in [0.4, 0.5) is 5.69 Å². The van der Waals surface area contributed by atoms with Crippen LogP contribution >= 0.6 is 0 Å². The summed E-state index contributed by atoms with van der Waals surface area (Å²) in [4.78, 5) is 135. The molecule has 0 saturated carbocycles. The average molecular weight is 999 g/mol. The standard InChI is InChI=1S/C51H66N8O13/c1-26(23-27(2)40(72-9)24-33-15-11-10-12-16-33)19-20-36-28(3)43(61)56-38(50(68)69)21-22-41(60)59(8)32(7)47(65)53-31(6)46(64)57-39(25-35-34-17-13-14-18-37(34)55-48(35)66)49(67)58-42(51(70)71)29(4)44(62)52-30(5)45(63)54-36/h10-20,23,27-31,35-36,38-40,42H,7,21-22,24-25H2,1-6,8-9H3,(H,52,62)(H,53,65)(H,54,63)(H,55,66)(H,56,61)(H,57,64)(H,58,67)(H,68,69)(H,70,71)/b20-19+,26-23+/t27-,28-,29-,30-,31+,35?,36-,38+,39-,40-,42+/m0/s1. The zero-order valence-corrected chi connectivity index (χ0v) is 41.6. The number of hydrogen-bond acceptors (Lipinski definition) is 11. The molecule has 21 nitrogen and oxygen atoms in total. The first-order chi connectivity index (χ1) is 33.9. The van der Waals surface area contributed by atoms with Crippen molar-refractivity contribution in [3.05, 3.63) is 102 Å². The number of carbonyl (C=O) groups excluding carboxylic acids is 8. The van der Waals surface area contributed by atoms with E-state index >= 15 is 0 Å². The van der Waals surface area contributed by atoms with E-state index in [1.54, 1.807) is 44.4 Å². The number of nitrogens with zero attached hydrogens (tertiary/aromatic N) is 1. The quantitative estimate of drug-likeness (QED) is 0.115. The van der Waals surface area contributed by atoms with Crippen molar-refractivity contribution in [2.75, 3.05) is 19.5 Å². The van der Waals surface area contributed by atoms with Crippen LogP contribution in [0.25, 0.3) is 0 Å². The normalized spacial score (nSPS) is 26.8. The molecule has 0 radical (unpaired) electrons. The molecule has 2 heterocycles. The molecule has 0 spiro atoms. The molecule has 2 aliphatic heterocycles. The number of carboxylic acids is 2. The van der Waals surface area contributed by atoms with Gasteiger partial charge in [0.05, 0.1) is 29.9 Å². The number of anilines is 1. The van der Waals surface area contributed by atoms with Gasteiger partial charge in [0, 0.05) is 32.2 Å². The van der Waals surface area contributed by atoms with E-state index in [2.05, 4.69) is 43.8 Å². The lowest BCUT2D eigenvalue weighted by atomic mass is 9.92. The number of nitrogens with one attached hydrogen (secondary N) is 7. The Bertz CT molecular complexity index is 2460. The van der Waals surface area contributed by atoms with Crippen LogP contribution in [0.15, 0.2) is 90.7 Å². The molecule has 2 aromatic rings. The van der Waals surface area contributed by atoms with E-state index in [0.717, 1.165) is 10.5 Å². The first kappa shape index (κ1) is 56.9. The molecule has 0 aromatic heterocycles. The van der Waals surface area contributed by atoms with Gasteiger partial charge in [-0.05, 0) is 57.2 Å². The number of amides is 8. The summed E-state index contributed by atoms with van der Waals surface area (Å²) in [6, 6.07) is 7.20. The highest BCUT2D eigenvalue weighted by molar-refractivity contribution is 6.04. The monoisotopic (exact) mass is 998 g/mol. The number of fused-ring (bicyclic) bond motifs is 1. The summed E-state index contributed by atoms with van der Waals surface area (Å²) in [5, 5.41) is 37.9. The molecule has 2 aliphatic rings. The third-order valence-corrected chi connectivity index (χ3v) is 12.8. The number of aliphatic carboxylic acids is 2. The van der Waals surface area contributed by atoms with Crippen molar-refractivity contribution in [3.63, 3.8) is 0 Å². The summed E-state index contributed by atoms with van der Waals surface area (Å²) in [7, 11) is 2.80. The topological polar surface area (TPSA) is 308 Å². The maximum Gasteiger partial charge on any atom is 0.327 e. The summed E-state index contributed by atoms with van der Waals surface area (Å²) < 4.78 is 5.79. The molecule has 11 atom stereocenters. The molecule has 1 saturated heterocycles. The largest absolute Gasteiger partial charge is 0.480 e. The first-order valence-corrected chi connectivity index (χ1v) is 23.5. The zero-order chi connectivity index (χ0) is 53.6. The van der Waals surface area contributed by atoms with Crippen molar-refractivity contribution in [1.82, 2.24) is 36.8 Å². The average Bonchev–Trinajstić information content (AvgIpc) is 3.66. The molecule has 0 bridgehead atoms. The smallest absolute Gasteiger partial charge is 0.327 e. The van der Waals surface area contributed by atoms with Gasteiger partial charge in [-0.1, -0.05) is 99.7 Å². The van der Waals surface area contributed by atoms with Crippen molar-refractivity contribution in [3.8, 4) is 0 Å². The number of methoxy groups -OCH3 is 1. The van der Waals surface area contributed by atoms with Gasteiger partial charge < -0.3 is 57.1 Å². The zero-order valence-electron chi connectivity index (χ0n) is 41.6. The van der Waals surface area contributed by atoms with Crippen molar-refractivity contribution in [1.29, 1.82) is 0 Å². The number of benzene rings is 2. The molecule has 8 amide bonds. The van der Waals surface area contributed by atoms with E-state index < -0.39 is 138 Å². The van der Waals surface area contributed by atoms with Gasteiger partial charge >= 0.3 is 11.9 Å². The molecule has 388 valence electrons. The number of rotatable bonds is 11. The van der Waals surface area contributed by atoms with Crippen LogP contribution in [0, 0.1) is 17.8 Å². The number of carbonyl (C=O) groups is 10. The van der Waals surface area contributed by atoms with Gasteiger partial charge in [-0.3, -0.25) is 38.4 Å². The summed E-state index contributed by atoms with van der Waals surface area (Å²) >= 11 is 0. The minimum absolute atomic E-state index is 0.110. The predicted octanol–water partition coefficient (Wildman–Crippen LogP) is 1.66. The van der Waals surface area contributed by atoms with Gasteiger partial charge in [0.15, 0.2) is 0 Å². The van der Waals surface area contributed by atoms with Crippen LogP contribution in [0.1, 0.15) is 77.8 Å². The van der Waals surface area contributed by atoms with Crippen molar-refractivity contribution in [2.24, 2.45) is 17.8 Å². The molecule has 0 aliphatic carbocycles. The maximum absolute atomic E-state index is 14.1. The molecule has 9 N–H and O–H groups in total. The summed E-state index contributed by atoms with van der Waals surface area (Å²) in [6.45, 7) is 12.6. The van der Waals surface area contributed by atoms with Crippen LogP contribution in [0.5, 0.6) is 0 Å². The number of ether oxygens (including phenoxy) is 1. The fourth-order valence-corrected chi connectivity index (χ4v) is 8.09. The minimum Gasteiger partial charge on any atom is -0.480 e. The fraction of sp³-hybridized carbons (Fsp3) is 0.451. The summed E-state index contributed by atoms with van der Waals surface area (Å²) in [5.41, 5.74) is 2.27. The van der Waals surface area contributed by atoms with Gasteiger partial charge in [-0.25, -0.2) is 9.59 Å². The second-order valence-corrected chi connectivity index (χ2v) is 18.2. The Balaban J connectivity index is 1.69. The number of likely N-dealkylation sites (N-methyl/N-ethyl adjacent to an activating group) is 1. The Kier molecular flexibility index (Phi) is 20.5. The van der Waals surface area contributed by atoms with Gasteiger partial charge in [-0.15, -0.1) is 0 Å². The van der Waals surface area contributed by atoms with E-state index in [1.165, 1.54) is 40.8 Å². The SMILES string of the molecule is C=C1C(=O)N[C@H](C)C(=O)N[C@@H](CC2C(=O)Nc3ccccc32)C(=O)N[C@@H](C(=O)O)[C@H](C)C(=O)N[C@@H](C)C(=O)N[C@@H](/C=C/C(C)=C/[C@H](C)[C@H](Cc2ccccc2)OC)[C@H](C)C(=O)N[C@@H](C(=O)O)CCC(=O)N1C. The van der Waals surface area contributed by atoms with Crippen LogP contribution in [0.2, 0.25) is 0 Å². The van der Waals surface area contributed by atoms with Crippen LogP contribution < -0.4 is 37.2 Å². The molecule has 72 heavy (non-hydrogen) atoms. The van der Waals surface area contributed by atoms with E-state index in [0.29, 0.717) is 23.2 Å². The highest BCUT2D eigenvalue weighted by atomic mass is 16.5. The third kappa shape index (κ3) is 15.4. The molecule has 2 aromatic carbocycles. The van der Waals surface area contributed by atoms with Crippen LogP contribution in [-0.2, 0) is 59.1 Å². The Morgan fingerprint density at radius 1 is 0.764 bits per heavy atom. The molecule has 4 rings (SSSR count). The number of carboxylic acid groups (broad SMARTS) is 2. The van der Waals surface area contributed by atoms with Crippen LogP contribution in [-0.4, -0.2) is 131 Å². The predicted molar refractivity (Wildman–Crippen MR) is 263 cm³/mol. The van der Waals surface area contributed by atoms with Gasteiger partial charge in [-0.2, -0.15) is 0 Å². The van der Waals surface area contributed by atoms with Gasteiger partial charge in [0.2, 0.25) is 41.4 Å². The summed E-state index contributed by atoms with van der Waals surface area (Å²) in [5.74, 6) is -14.0. The number of allylic oxidation sites excluding steroid dienone is 2. The molecule has 21 heteroatoms. The van der Waals surface area contributed by atoms with E-state index in [-0.39, 0.29) is 12.0 Å². The second kappa shape index (κ2) is 26.0. The van der Waals surface area contributed by atoms with E-state index in [1.807, 2.05) is 43.3 Å².